The van der Waals surface area contributed by atoms with Gasteiger partial charge in [0.1, 0.15) is 11.5 Å². The first kappa shape index (κ1) is 14.7. The average Bonchev–Trinajstić information content (AvgIpc) is 2.43. The molecule has 19 heavy (non-hydrogen) atoms. The Labute approximate surface area is 113 Å². The third-order valence-electron chi connectivity index (χ3n) is 2.33. The van der Waals surface area contributed by atoms with Crippen molar-refractivity contribution in [1.82, 2.24) is 0 Å². The van der Waals surface area contributed by atoms with Gasteiger partial charge < -0.3 is 20.9 Å². The molecule has 4 heteroatoms. The van der Waals surface area contributed by atoms with Gasteiger partial charge in [-0.15, -0.1) is 0 Å². The van der Waals surface area contributed by atoms with Crippen molar-refractivity contribution in [3.8, 4) is 11.5 Å². The summed E-state index contributed by atoms with van der Waals surface area (Å²) >= 11 is 0. The molecule has 0 saturated heterocycles. The van der Waals surface area contributed by atoms with Crippen LogP contribution in [0.3, 0.4) is 0 Å². The number of nitrogens with two attached hydrogens (primary N) is 2. The molecule has 2 aromatic rings. The van der Waals surface area contributed by atoms with Gasteiger partial charge in [0.25, 0.3) is 0 Å². The first-order valence-electron chi connectivity index (χ1n) is 6.04. The molecule has 0 radical (unpaired) electrons. The zero-order valence-electron chi connectivity index (χ0n) is 11.3. The molecule has 0 aliphatic heterocycles. The Morgan fingerprint density at radius 2 is 1.58 bits per heavy atom. The van der Waals surface area contributed by atoms with Crippen molar-refractivity contribution in [2.24, 2.45) is 0 Å². The Balaban J connectivity index is 0.000000191. The van der Waals surface area contributed by atoms with E-state index in [9.17, 15) is 0 Å². The Bertz CT molecular complexity index is 484. The molecule has 0 saturated carbocycles. The highest BCUT2D eigenvalue weighted by molar-refractivity contribution is 5.51. The van der Waals surface area contributed by atoms with E-state index in [1.165, 1.54) is 0 Å². The molecule has 0 amide bonds. The minimum atomic E-state index is 0.661. The molecule has 0 spiro atoms. The molecule has 0 fully saturated rings. The summed E-state index contributed by atoms with van der Waals surface area (Å²) in [7, 11) is 1.63. The van der Waals surface area contributed by atoms with Gasteiger partial charge in [0.15, 0.2) is 0 Å². The Hall–Kier alpha value is -2.36. The van der Waals surface area contributed by atoms with Gasteiger partial charge in [-0.2, -0.15) is 0 Å². The number of hydrogen-bond acceptors (Lipinski definition) is 4. The van der Waals surface area contributed by atoms with Gasteiger partial charge in [0.2, 0.25) is 0 Å². The third kappa shape index (κ3) is 5.21. The van der Waals surface area contributed by atoms with Gasteiger partial charge >= 0.3 is 0 Å². The quantitative estimate of drug-likeness (QED) is 0.832. The van der Waals surface area contributed by atoms with Crippen LogP contribution in [0.1, 0.15) is 6.92 Å². The molecule has 0 aliphatic carbocycles. The molecule has 0 heterocycles. The zero-order valence-corrected chi connectivity index (χ0v) is 11.3. The summed E-state index contributed by atoms with van der Waals surface area (Å²) in [6.45, 7) is 2.60. The average molecular weight is 260 g/mol. The van der Waals surface area contributed by atoms with Gasteiger partial charge in [-0.05, 0) is 43.3 Å². The van der Waals surface area contributed by atoms with Crippen molar-refractivity contribution in [3.63, 3.8) is 0 Å². The molecular weight excluding hydrogens is 240 g/mol. The van der Waals surface area contributed by atoms with Crippen LogP contribution >= 0.6 is 0 Å². The third-order valence-corrected chi connectivity index (χ3v) is 2.33. The van der Waals surface area contributed by atoms with Crippen LogP contribution in [0.15, 0.2) is 48.5 Å². The van der Waals surface area contributed by atoms with Gasteiger partial charge in [0.05, 0.1) is 19.4 Å². The van der Waals surface area contributed by atoms with E-state index in [0.29, 0.717) is 12.3 Å². The highest BCUT2D eigenvalue weighted by Gasteiger charge is 1.93. The summed E-state index contributed by atoms with van der Waals surface area (Å²) in [4.78, 5) is 0. The summed E-state index contributed by atoms with van der Waals surface area (Å²) in [5.41, 5.74) is 12.5. The highest BCUT2D eigenvalue weighted by Crippen LogP contribution is 2.19. The molecule has 4 nitrogen and oxygen atoms in total. The fourth-order valence-corrected chi connectivity index (χ4v) is 1.37. The van der Waals surface area contributed by atoms with Gasteiger partial charge in [-0.1, -0.05) is 12.1 Å². The summed E-state index contributed by atoms with van der Waals surface area (Å²) in [5, 5.41) is 0. The molecule has 0 atom stereocenters. The summed E-state index contributed by atoms with van der Waals surface area (Å²) in [6, 6.07) is 14.7. The number of ether oxygens (including phenoxy) is 2. The first-order valence-corrected chi connectivity index (χ1v) is 6.04. The fourth-order valence-electron chi connectivity index (χ4n) is 1.37. The van der Waals surface area contributed by atoms with Crippen molar-refractivity contribution in [1.29, 1.82) is 0 Å². The van der Waals surface area contributed by atoms with Gasteiger partial charge in [-0.25, -0.2) is 0 Å². The molecule has 0 aromatic heterocycles. The van der Waals surface area contributed by atoms with Crippen molar-refractivity contribution in [3.05, 3.63) is 48.5 Å². The number of methoxy groups -OCH3 is 1. The Kier molecular flexibility index (Phi) is 6.09. The standard InChI is InChI=1S/C8H11NO.C7H9NO/c1-2-10-8-6-4-3-5-7(8)9;1-9-7-4-2-6(8)3-5-7/h3-6H,2,9H2,1H3;2-5H,8H2,1H3. The number of anilines is 2. The van der Waals surface area contributed by atoms with Crippen LogP contribution < -0.4 is 20.9 Å². The van der Waals surface area contributed by atoms with Crippen LogP contribution in [0.2, 0.25) is 0 Å². The lowest BCUT2D eigenvalue weighted by Crippen LogP contribution is -1.95. The monoisotopic (exact) mass is 260 g/mol. The number of benzene rings is 2. The second-order valence-corrected chi connectivity index (χ2v) is 3.74. The van der Waals surface area contributed by atoms with E-state index in [2.05, 4.69) is 0 Å². The minimum Gasteiger partial charge on any atom is -0.497 e. The van der Waals surface area contributed by atoms with Crippen LogP contribution in [0.5, 0.6) is 11.5 Å². The lowest BCUT2D eigenvalue weighted by atomic mass is 10.3. The number of hydrogen-bond donors (Lipinski definition) is 2. The Morgan fingerprint density at radius 3 is 2.11 bits per heavy atom. The number of para-hydroxylation sites is 2. The molecule has 0 unspecified atom stereocenters. The molecule has 4 N–H and O–H groups in total. The van der Waals surface area contributed by atoms with E-state index in [-0.39, 0.29) is 0 Å². The lowest BCUT2D eigenvalue weighted by molar-refractivity contribution is 0.342. The maximum Gasteiger partial charge on any atom is 0.142 e. The van der Waals surface area contributed by atoms with Crippen LogP contribution in [0.25, 0.3) is 0 Å². The van der Waals surface area contributed by atoms with Crippen molar-refractivity contribution < 1.29 is 9.47 Å². The zero-order chi connectivity index (χ0) is 14.1. The number of nitrogen functional groups attached to an aromatic ring is 2. The second kappa shape index (κ2) is 7.87. The van der Waals surface area contributed by atoms with E-state index < -0.39 is 0 Å². The van der Waals surface area contributed by atoms with E-state index in [4.69, 9.17) is 20.9 Å². The number of rotatable bonds is 3. The lowest BCUT2D eigenvalue weighted by Gasteiger charge is -2.04. The minimum absolute atomic E-state index is 0.661. The van der Waals surface area contributed by atoms with Crippen molar-refractivity contribution >= 4 is 11.4 Å². The van der Waals surface area contributed by atoms with Gasteiger partial charge in [-0.3, -0.25) is 0 Å². The molecule has 2 rings (SSSR count). The predicted molar refractivity (Wildman–Crippen MR) is 79.4 cm³/mol. The first-order chi connectivity index (χ1) is 9.17. The Morgan fingerprint density at radius 1 is 0.947 bits per heavy atom. The molecule has 0 aliphatic rings. The van der Waals surface area contributed by atoms with E-state index in [1.807, 2.05) is 43.3 Å². The van der Waals surface area contributed by atoms with Crippen LogP contribution in [0.4, 0.5) is 11.4 Å². The van der Waals surface area contributed by atoms with Crippen molar-refractivity contribution in [2.75, 3.05) is 25.2 Å². The summed E-state index contributed by atoms with van der Waals surface area (Å²) in [5.74, 6) is 1.61. The largest absolute Gasteiger partial charge is 0.497 e. The van der Waals surface area contributed by atoms with Crippen LogP contribution in [0, 0.1) is 0 Å². The van der Waals surface area contributed by atoms with E-state index in [1.54, 1.807) is 19.2 Å². The van der Waals surface area contributed by atoms with Crippen LogP contribution in [-0.4, -0.2) is 13.7 Å². The molecular formula is C15H20N2O2. The predicted octanol–water partition coefficient (Wildman–Crippen LogP) is 2.94. The maximum atomic E-state index is 5.58. The second-order valence-electron chi connectivity index (χ2n) is 3.74. The summed E-state index contributed by atoms with van der Waals surface area (Å²) in [6.07, 6.45) is 0. The smallest absolute Gasteiger partial charge is 0.142 e. The van der Waals surface area contributed by atoms with Crippen LogP contribution in [-0.2, 0) is 0 Å². The molecule has 102 valence electrons. The van der Waals surface area contributed by atoms with E-state index in [0.717, 1.165) is 17.2 Å². The van der Waals surface area contributed by atoms with Gasteiger partial charge in [0, 0.05) is 5.69 Å². The van der Waals surface area contributed by atoms with Crippen molar-refractivity contribution in [2.45, 2.75) is 6.92 Å². The maximum absolute atomic E-state index is 5.58. The van der Waals surface area contributed by atoms with E-state index >= 15 is 0 Å². The molecule has 2 aromatic carbocycles. The fraction of sp³-hybridized carbons (Fsp3) is 0.200. The normalized spacial score (nSPS) is 9.16. The highest BCUT2D eigenvalue weighted by atomic mass is 16.5. The summed E-state index contributed by atoms with van der Waals surface area (Å²) < 4.78 is 10.1. The molecule has 0 bridgehead atoms. The topological polar surface area (TPSA) is 70.5 Å². The SMILES string of the molecule is CCOc1ccccc1N.COc1ccc(N)cc1.